The van der Waals surface area contributed by atoms with Crippen LogP contribution in [0.2, 0.25) is 0 Å². The van der Waals surface area contributed by atoms with Gasteiger partial charge >= 0.3 is 12.0 Å². The third-order valence-corrected chi connectivity index (χ3v) is 4.57. The Morgan fingerprint density at radius 1 is 1.30 bits per heavy atom. The molecule has 1 rings (SSSR count). The molecule has 7 heteroatoms. The Balaban J connectivity index is 2.17. The van der Waals surface area contributed by atoms with Crippen LogP contribution in [-0.2, 0) is 4.79 Å². The molecule has 2 N–H and O–H groups in total. The molecule has 0 radical (unpaired) electrons. The third-order valence-electron chi connectivity index (χ3n) is 3.53. The number of carbonyl (C=O) groups excluding carboxylic acids is 1. The summed E-state index contributed by atoms with van der Waals surface area (Å²) in [6, 6.07) is -0.00353. The molecule has 0 saturated carbocycles. The van der Waals surface area contributed by atoms with Gasteiger partial charge in [0.25, 0.3) is 0 Å². The van der Waals surface area contributed by atoms with E-state index in [1.807, 2.05) is 0 Å². The molecular formula is C13H25N3O3S. The normalized spacial score (nSPS) is 17.8. The van der Waals surface area contributed by atoms with Crippen LogP contribution in [0.1, 0.15) is 19.8 Å². The first kappa shape index (κ1) is 17.1. The summed E-state index contributed by atoms with van der Waals surface area (Å²) in [5.41, 5.74) is 0. The number of carboxylic acid groups (broad SMARTS) is 1. The number of amides is 2. The lowest BCUT2D eigenvalue weighted by Crippen LogP contribution is -2.52. The maximum absolute atomic E-state index is 11.9. The van der Waals surface area contributed by atoms with E-state index in [0.717, 1.165) is 19.5 Å². The number of aliphatic carboxylic acids is 1. The average molecular weight is 303 g/mol. The second-order valence-corrected chi connectivity index (χ2v) is 6.32. The highest BCUT2D eigenvalue weighted by Crippen LogP contribution is 2.08. The van der Waals surface area contributed by atoms with Gasteiger partial charge in [0.1, 0.15) is 0 Å². The van der Waals surface area contributed by atoms with E-state index in [9.17, 15) is 9.59 Å². The Labute approximate surface area is 124 Å². The lowest BCUT2D eigenvalue weighted by atomic mass is 10.3. The van der Waals surface area contributed by atoms with Crippen molar-refractivity contribution in [3.8, 4) is 0 Å². The number of nitrogens with one attached hydrogen (secondary N) is 1. The van der Waals surface area contributed by atoms with Gasteiger partial charge in [0, 0.05) is 44.5 Å². The van der Waals surface area contributed by atoms with E-state index in [1.165, 1.54) is 0 Å². The van der Waals surface area contributed by atoms with E-state index in [2.05, 4.69) is 23.4 Å². The summed E-state index contributed by atoms with van der Waals surface area (Å²) in [6.45, 7) is 6.27. The Bertz CT molecular complexity index is 320. The van der Waals surface area contributed by atoms with E-state index in [4.69, 9.17) is 5.11 Å². The highest BCUT2D eigenvalue weighted by molar-refractivity contribution is 7.99. The van der Waals surface area contributed by atoms with Gasteiger partial charge in [0.05, 0.1) is 6.42 Å². The van der Waals surface area contributed by atoms with Gasteiger partial charge in [-0.2, -0.15) is 11.8 Å². The second kappa shape index (κ2) is 9.07. The van der Waals surface area contributed by atoms with Crippen LogP contribution in [0.4, 0.5) is 4.79 Å². The predicted octanol–water partition coefficient (Wildman–Crippen LogP) is 0.930. The van der Waals surface area contributed by atoms with E-state index < -0.39 is 5.97 Å². The first-order chi connectivity index (χ1) is 9.52. The first-order valence-electron chi connectivity index (χ1n) is 7.02. The van der Waals surface area contributed by atoms with Crippen LogP contribution < -0.4 is 5.32 Å². The molecule has 0 bridgehead atoms. The first-order valence-corrected chi connectivity index (χ1v) is 8.31. The van der Waals surface area contributed by atoms with Crippen molar-refractivity contribution in [3.63, 3.8) is 0 Å². The molecule has 1 aliphatic rings. The largest absolute Gasteiger partial charge is 0.481 e. The third kappa shape index (κ3) is 6.47. The second-order valence-electron chi connectivity index (χ2n) is 5.04. The lowest BCUT2D eigenvalue weighted by Gasteiger charge is -2.34. The molecule has 1 saturated heterocycles. The molecule has 0 aromatic rings. The summed E-state index contributed by atoms with van der Waals surface area (Å²) in [5.74, 6) is -0.770. The number of hydrogen-bond donors (Lipinski definition) is 2. The van der Waals surface area contributed by atoms with Crippen LogP contribution in [0.15, 0.2) is 0 Å². The van der Waals surface area contributed by atoms with Crippen LogP contribution in [0.3, 0.4) is 0 Å². The Morgan fingerprint density at radius 3 is 2.50 bits per heavy atom. The molecule has 20 heavy (non-hydrogen) atoms. The fourth-order valence-electron chi connectivity index (χ4n) is 2.04. The molecule has 1 atom stereocenters. The number of piperazine rings is 1. The molecule has 1 heterocycles. The summed E-state index contributed by atoms with van der Waals surface area (Å²) < 4.78 is 0. The maximum atomic E-state index is 11.9. The Morgan fingerprint density at radius 2 is 1.95 bits per heavy atom. The molecule has 6 nitrogen and oxygen atoms in total. The predicted molar refractivity (Wildman–Crippen MR) is 81.3 cm³/mol. The molecule has 1 aliphatic heterocycles. The molecule has 0 spiro atoms. The quantitative estimate of drug-likeness (QED) is 0.732. The van der Waals surface area contributed by atoms with Crippen molar-refractivity contribution < 1.29 is 14.7 Å². The number of carbonyl (C=O) groups is 2. The summed E-state index contributed by atoms with van der Waals surface area (Å²) in [5, 5.41) is 12.1. The van der Waals surface area contributed by atoms with Crippen LogP contribution in [-0.4, -0.2) is 77.7 Å². The van der Waals surface area contributed by atoms with Gasteiger partial charge in [-0.05, 0) is 12.7 Å². The molecular weight excluding hydrogens is 278 g/mol. The summed E-state index contributed by atoms with van der Waals surface area (Å²) in [7, 11) is 0. The molecule has 0 aliphatic carbocycles. The summed E-state index contributed by atoms with van der Waals surface area (Å²) >= 11 is 1.80. The smallest absolute Gasteiger partial charge is 0.317 e. The molecule has 1 unspecified atom stereocenters. The zero-order valence-corrected chi connectivity index (χ0v) is 13.1. The minimum Gasteiger partial charge on any atom is -0.481 e. The SMILES string of the molecule is CSC(C)CCNC(=O)N1CCN(CCC(=O)O)CC1. The average Bonchev–Trinajstić information content (AvgIpc) is 2.45. The minimum atomic E-state index is -0.770. The number of nitrogens with zero attached hydrogens (tertiary/aromatic N) is 2. The van der Waals surface area contributed by atoms with Gasteiger partial charge in [0.15, 0.2) is 0 Å². The summed E-state index contributed by atoms with van der Waals surface area (Å²) in [6.07, 6.45) is 3.22. The van der Waals surface area contributed by atoms with Crippen molar-refractivity contribution >= 4 is 23.8 Å². The fraction of sp³-hybridized carbons (Fsp3) is 0.846. The zero-order valence-electron chi connectivity index (χ0n) is 12.3. The van der Waals surface area contributed by atoms with E-state index in [-0.39, 0.29) is 12.5 Å². The number of rotatable bonds is 7. The van der Waals surface area contributed by atoms with E-state index in [1.54, 1.807) is 16.7 Å². The lowest BCUT2D eigenvalue weighted by molar-refractivity contribution is -0.137. The van der Waals surface area contributed by atoms with Gasteiger partial charge in [-0.3, -0.25) is 9.69 Å². The van der Waals surface area contributed by atoms with Gasteiger partial charge in [-0.15, -0.1) is 0 Å². The number of hydrogen-bond acceptors (Lipinski definition) is 4. The summed E-state index contributed by atoms with van der Waals surface area (Å²) in [4.78, 5) is 26.3. The topological polar surface area (TPSA) is 72.9 Å². The van der Waals surface area contributed by atoms with Crippen LogP contribution >= 0.6 is 11.8 Å². The van der Waals surface area contributed by atoms with Gasteiger partial charge in [0.2, 0.25) is 0 Å². The fourth-order valence-corrected chi connectivity index (χ4v) is 2.39. The maximum Gasteiger partial charge on any atom is 0.317 e. The molecule has 2 amide bonds. The highest BCUT2D eigenvalue weighted by atomic mass is 32.2. The molecule has 0 aromatic heterocycles. The van der Waals surface area contributed by atoms with Crippen molar-refractivity contribution in [2.24, 2.45) is 0 Å². The molecule has 0 aromatic carbocycles. The van der Waals surface area contributed by atoms with Crippen LogP contribution in [0, 0.1) is 0 Å². The Hall–Kier alpha value is -0.950. The monoisotopic (exact) mass is 303 g/mol. The van der Waals surface area contributed by atoms with E-state index >= 15 is 0 Å². The van der Waals surface area contributed by atoms with Crippen molar-refractivity contribution in [1.82, 2.24) is 15.1 Å². The number of urea groups is 1. The van der Waals surface area contributed by atoms with Crippen molar-refractivity contribution in [3.05, 3.63) is 0 Å². The highest BCUT2D eigenvalue weighted by Gasteiger charge is 2.20. The standard InChI is InChI=1S/C13H25N3O3S/c1-11(20-2)3-5-14-13(19)16-9-7-15(8-10-16)6-4-12(17)18/h11H,3-10H2,1-2H3,(H,14,19)(H,17,18). The Kier molecular flexibility index (Phi) is 7.76. The van der Waals surface area contributed by atoms with Gasteiger partial charge in [-0.25, -0.2) is 4.79 Å². The van der Waals surface area contributed by atoms with Crippen LogP contribution in [0.25, 0.3) is 0 Å². The van der Waals surface area contributed by atoms with Gasteiger partial charge < -0.3 is 15.3 Å². The zero-order chi connectivity index (χ0) is 15.0. The molecule has 116 valence electrons. The molecule has 1 fully saturated rings. The number of thioether (sulfide) groups is 1. The van der Waals surface area contributed by atoms with Crippen LogP contribution in [0.5, 0.6) is 0 Å². The van der Waals surface area contributed by atoms with Gasteiger partial charge in [-0.1, -0.05) is 6.92 Å². The van der Waals surface area contributed by atoms with E-state index in [0.29, 0.717) is 31.4 Å². The number of carboxylic acids is 1. The minimum absolute atomic E-state index is 0.00353. The van der Waals surface area contributed by atoms with Crippen molar-refractivity contribution in [2.45, 2.75) is 25.0 Å². The van der Waals surface area contributed by atoms with Crippen molar-refractivity contribution in [2.75, 3.05) is 45.5 Å². The van der Waals surface area contributed by atoms with Crippen molar-refractivity contribution in [1.29, 1.82) is 0 Å².